The Morgan fingerprint density at radius 3 is 2.55 bits per heavy atom. The Morgan fingerprint density at radius 2 is 1.95 bits per heavy atom. The highest BCUT2D eigenvalue weighted by molar-refractivity contribution is 5.95. The summed E-state index contributed by atoms with van der Waals surface area (Å²) < 4.78 is 26.6. The summed E-state index contributed by atoms with van der Waals surface area (Å²) in [5.41, 5.74) is 0.898. The number of carbonyl (C=O) groups is 1. The maximum absolute atomic E-state index is 13.5. The van der Waals surface area contributed by atoms with Crippen LogP contribution in [0, 0.1) is 28.9 Å². The normalized spacial score (nSPS) is 23.1. The van der Waals surface area contributed by atoms with Gasteiger partial charge in [0.05, 0.1) is 11.6 Å². The monoisotopic (exact) mass is 279 g/mol. The van der Waals surface area contributed by atoms with Gasteiger partial charge in [-0.05, 0) is 37.3 Å². The Hall–Kier alpha value is -1.71. The summed E-state index contributed by atoms with van der Waals surface area (Å²) in [5.74, 6) is -1.53. The second-order valence-electron chi connectivity index (χ2n) is 6.18. The van der Waals surface area contributed by atoms with Crippen molar-refractivity contribution >= 4 is 11.6 Å². The van der Waals surface area contributed by atoms with Crippen molar-refractivity contribution in [2.45, 2.75) is 27.7 Å². The molecule has 1 aliphatic carbocycles. The Bertz CT molecular complexity index is 574. The van der Waals surface area contributed by atoms with Gasteiger partial charge in [-0.25, -0.2) is 8.78 Å². The zero-order chi connectivity index (χ0) is 15.1. The molecule has 0 spiro atoms. The third kappa shape index (κ3) is 2.74. The van der Waals surface area contributed by atoms with Gasteiger partial charge in [-0.1, -0.05) is 25.5 Å². The summed E-state index contributed by atoms with van der Waals surface area (Å²) in [6.07, 6.45) is 2.06. The first kappa shape index (κ1) is 14.7. The van der Waals surface area contributed by atoms with Crippen LogP contribution in [0.2, 0.25) is 0 Å². The molecule has 0 saturated heterocycles. The molecule has 2 nitrogen and oxygen atoms in total. The molecule has 1 saturated carbocycles. The van der Waals surface area contributed by atoms with E-state index in [0.717, 1.165) is 23.8 Å². The standard InChI is InChI=1S/C16H19F2NO/c1-9(2)7-11-14(16(11,3)4)15(20)19-13-8-10(17)5-6-12(13)18/h5-8,11,14H,1-4H3,(H,19,20)/t11-,14+/m1/s1. The molecule has 1 aromatic carbocycles. The molecular weight excluding hydrogens is 260 g/mol. The van der Waals surface area contributed by atoms with Crippen LogP contribution in [-0.4, -0.2) is 5.91 Å². The maximum Gasteiger partial charge on any atom is 0.228 e. The molecule has 108 valence electrons. The second-order valence-corrected chi connectivity index (χ2v) is 6.18. The van der Waals surface area contributed by atoms with E-state index in [1.165, 1.54) is 0 Å². The van der Waals surface area contributed by atoms with Gasteiger partial charge in [0.25, 0.3) is 0 Å². The smallest absolute Gasteiger partial charge is 0.228 e. The molecule has 0 radical (unpaired) electrons. The van der Waals surface area contributed by atoms with Crippen molar-refractivity contribution < 1.29 is 13.6 Å². The van der Waals surface area contributed by atoms with Crippen molar-refractivity contribution in [1.82, 2.24) is 0 Å². The third-order valence-corrected chi connectivity index (χ3v) is 3.89. The molecule has 1 aromatic rings. The number of carbonyl (C=O) groups excluding carboxylic acids is 1. The SMILES string of the molecule is CC(C)=C[C@@H]1[C@@H](C(=O)Nc2cc(F)ccc2F)C1(C)C. The van der Waals surface area contributed by atoms with Crippen molar-refractivity contribution in [3.63, 3.8) is 0 Å². The number of rotatable bonds is 3. The molecule has 0 aliphatic heterocycles. The Morgan fingerprint density at radius 1 is 1.30 bits per heavy atom. The molecule has 4 heteroatoms. The first-order valence-electron chi connectivity index (χ1n) is 6.64. The number of halogens is 2. The Kier molecular flexibility index (Phi) is 3.67. The van der Waals surface area contributed by atoms with E-state index in [2.05, 4.69) is 11.4 Å². The summed E-state index contributed by atoms with van der Waals surface area (Å²) in [5, 5.41) is 2.49. The molecule has 0 unspecified atom stereocenters. The predicted molar refractivity (Wildman–Crippen MR) is 75.2 cm³/mol. The van der Waals surface area contributed by atoms with Crippen LogP contribution >= 0.6 is 0 Å². The third-order valence-electron chi connectivity index (χ3n) is 3.89. The summed E-state index contributed by atoms with van der Waals surface area (Å²) in [4.78, 5) is 12.2. The topological polar surface area (TPSA) is 29.1 Å². The Balaban J connectivity index is 2.14. The highest BCUT2D eigenvalue weighted by Crippen LogP contribution is 2.59. The molecule has 0 heterocycles. The van der Waals surface area contributed by atoms with Gasteiger partial charge < -0.3 is 5.32 Å². The van der Waals surface area contributed by atoms with Crippen molar-refractivity contribution in [2.24, 2.45) is 17.3 Å². The van der Waals surface area contributed by atoms with Crippen LogP contribution in [0.25, 0.3) is 0 Å². The van der Waals surface area contributed by atoms with Crippen molar-refractivity contribution in [1.29, 1.82) is 0 Å². The van der Waals surface area contributed by atoms with Crippen LogP contribution in [-0.2, 0) is 4.79 Å². The van der Waals surface area contributed by atoms with Crippen molar-refractivity contribution in [3.8, 4) is 0 Å². The largest absolute Gasteiger partial charge is 0.323 e. The quantitative estimate of drug-likeness (QED) is 0.828. The van der Waals surface area contributed by atoms with E-state index in [1.54, 1.807) is 0 Å². The molecule has 1 aliphatic rings. The van der Waals surface area contributed by atoms with E-state index in [-0.39, 0.29) is 28.8 Å². The summed E-state index contributed by atoms with van der Waals surface area (Å²) >= 11 is 0. The van der Waals surface area contributed by atoms with Gasteiger partial charge in [-0.15, -0.1) is 0 Å². The van der Waals surface area contributed by atoms with Gasteiger partial charge in [0, 0.05) is 6.07 Å². The molecule has 0 aromatic heterocycles. The lowest BCUT2D eigenvalue weighted by Crippen LogP contribution is -2.17. The average molecular weight is 279 g/mol. The number of hydrogen-bond donors (Lipinski definition) is 1. The minimum Gasteiger partial charge on any atom is -0.323 e. The van der Waals surface area contributed by atoms with E-state index in [4.69, 9.17) is 0 Å². The van der Waals surface area contributed by atoms with Crippen LogP contribution in [0.5, 0.6) is 0 Å². The number of benzene rings is 1. The number of nitrogens with one attached hydrogen (secondary N) is 1. The fourth-order valence-corrected chi connectivity index (χ4v) is 2.65. The number of amides is 1. The van der Waals surface area contributed by atoms with E-state index < -0.39 is 11.6 Å². The zero-order valence-corrected chi connectivity index (χ0v) is 12.1. The lowest BCUT2D eigenvalue weighted by molar-refractivity contribution is -0.118. The van der Waals surface area contributed by atoms with Gasteiger partial charge in [0.15, 0.2) is 0 Å². The minimum absolute atomic E-state index is 0.103. The predicted octanol–water partition coefficient (Wildman–Crippen LogP) is 4.14. The Labute approximate surface area is 117 Å². The van der Waals surface area contributed by atoms with Crippen LogP contribution in [0.3, 0.4) is 0 Å². The first-order valence-corrected chi connectivity index (χ1v) is 6.64. The van der Waals surface area contributed by atoms with E-state index in [9.17, 15) is 13.6 Å². The molecular formula is C16H19F2NO. The lowest BCUT2D eigenvalue weighted by atomic mass is 10.1. The second kappa shape index (κ2) is 5.00. The highest BCUT2D eigenvalue weighted by Gasteiger charge is 2.60. The van der Waals surface area contributed by atoms with Crippen molar-refractivity contribution in [3.05, 3.63) is 41.5 Å². The molecule has 0 bridgehead atoms. The van der Waals surface area contributed by atoms with Crippen LogP contribution in [0.1, 0.15) is 27.7 Å². The van der Waals surface area contributed by atoms with E-state index in [1.807, 2.05) is 27.7 Å². The lowest BCUT2D eigenvalue weighted by Gasteiger charge is -2.07. The van der Waals surface area contributed by atoms with Gasteiger partial charge in [0.1, 0.15) is 11.6 Å². The fraction of sp³-hybridized carbons (Fsp3) is 0.438. The summed E-state index contributed by atoms with van der Waals surface area (Å²) in [6.45, 7) is 7.97. The van der Waals surface area contributed by atoms with E-state index >= 15 is 0 Å². The van der Waals surface area contributed by atoms with E-state index in [0.29, 0.717) is 0 Å². The van der Waals surface area contributed by atoms with Gasteiger partial charge in [-0.3, -0.25) is 4.79 Å². The summed E-state index contributed by atoms with van der Waals surface area (Å²) in [6, 6.07) is 3.03. The minimum atomic E-state index is -0.628. The van der Waals surface area contributed by atoms with Crippen LogP contribution in [0.4, 0.5) is 14.5 Å². The van der Waals surface area contributed by atoms with Gasteiger partial charge in [-0.2, -0.15) is 0 Å². The maximum atomic E-state index is 13.5. The highest BCUT2D eigenvalue weighted by atomic mass is 19.1. The molecule has 2 rings (SSSR count). The molecule has 1 fully saturated rings. The first-order chi connectivity index (χ1) is 9.23. The molecule has 20 heavy (non-hydrogen) atoms. The number of hydrogen-bond acceptors (Lipinski definition) is 1. The van der Waals surface area contributed by atoms with Crippen molar-refractivity contribution in [2.75, 3.05) is 5.32 Å². The zero-order valence-electron chi connectivity index (χ0n) is 12.1. The number of anilines is 1. The number of allylic oxidation sites excluding steroid dienone is 2. The molecule has 1 amide bonds. The van der Waals surface area contributed by atoms with Crippen LogP contribution in [0.15, 0.2) is 29.8 Å². The molecule has 1 N–H and O–H groups in total. The van der Waals surface area contributed by atoms with Gasteiger partial charge in [0.2, 0.25) is 5.91 Å². The van der Waals surface area contributed by atoms with Crippen LogP contribution < -0.4 is 5.32 Å². The fourth-order valence-electron chi connectivity index (χ4n) is 2.65. The van der Waals surface area contributed by atoms with Gasteiger partial charge >= 0.3 is 0 Å². The average Bonchev–Trinajstić information content (AvgIpc) is 2.84. The summed E-state index contributed by atoms with van der Waals surface area (Å²) in [7, 11) is 0. The molecule has 2 atom stereocenters.